The molecule has 1 fully saturated rings. The van der Waals surface area contributed by atoms with Gasteiger partial charge in [-0.25, -0.2) is 12.7 Å². The van der Waals surface area contributed by atoms with Gasteiger partial charge in [-0.3, -0.25) is 9.59 Å². The van der Waals surface area contributed by atoms with E-state index in [2.05, 4.69) is 0 Å². The Labute approximate surface area is 162 Å². The molecule has 0 saturated carbocycles. The van der Waals surface area contributed by atoms with Gasteiger partial charge in [0.25, 0.3) is 5.91 Å². The molecule has 0 N–H and O–H groups in total. The molecule has 1 aromatic heterocycles. The topological polar surface area (TPSA) is 84.0 Å². The molecule has 2 heterocycles. The van der Waals surface area contributed by atoms with Crippen molar-refractivity contribution in [1.29, 1.82) is 0 Å². The summed E-state index contributed by atoms with van der Waals surface area (Å²) < 4.78 is 30.8. The summed E-state index contributed by atoms with van der Waals surface area (Å²) in [6.07, 6.45) is 0.825. The van der Waals surface area contributed by atoms with Crippen LogP contribution in [0.1, 0.15) is 24.6 Å². The molecule has 26 heavy (non-hydrogen) atoms. The zero-order chi connectivity index (χ0) is 19.3. The van der Waals surface area contributed by atoms with Crippen molar-refractivity contribution in [3.63, 3.8) is 0 Å². The molecule has 1 amide bonds. The largest absolute Gasteiger partial charge is 0.455 e. The maximum atomic E-state index is 12.1. The molecule has 1 aliphatic rings. The van der Waals surface area contributed by atoms with Gasteiger partial charge in [0, 0.05) is 25.0 Å². The van der Waals surface area contributed by atoms with Gasteiger partial charge in [0.05, 0.1) is 22.6 Å². The van der Waals surface area contributed by atoms with Crippen molar-refractivity contribution in [3.8, 4) is 0 Å². The number of hydrogen-bond donors (Lipinski definition) is 0. The van der Waals surface area contributed by atoms with Crippen LogP contribution in [0, 0.1) is 5.92 Å². The van der Waals surface area contributed by atoms with E-state index in [1.165, 1.54) is 20.5 Å². The number of amides is 1. The Bertz CT molecular complexity index is 742. The molecule has 2 rings (SSSR count). The number of rotatable bonds is 7. The van der Waals surface area contributed by atoms with Crippen molar-refractivity contribution in [1.82, 2.24) is 9.21 Å². The first-order valence-corrected chi connectivity index (χ1v) is 11.2. The highest BCUT2D eigenvalue weighted by Crippen LogP contribution is 2.23. The fourth-order valence-corrected chi connectivity index (χ4v) is 4.95. The third-order valence-corrected chi connectivity index (χ3v) is 7.43. The molecular formula is C16H23ClN2O5S2. The van der Waals surface area contributed by atoms with Crippen LogP contribution >= 0.6 is 22.9 Å². The van der Waals surface area contributed by atoms with Crippen LogP contribution in [-0.2, 0) is 30.9 Å². The Hall–Kier alpha value is -1.16. The Balaban J connectivity index is 1.75. The van der Waals surface area contributed by atoms with Crippen molar-refractivity contribution in [2.45, 2.75) is 26.3 Å². The Morgan fingerprint density at radius 3 is 2.54 bits per heavy atom. The fourth-order valence-electron chi connectivity index (χ4n) is 2.67. The summed E-state index contributed by atoms with van der Waals surface area (Å²) in [5.74, 6) is -1.06. The number of halogens is 1. The third-order valence-electron chi connectivity index (χ3n) is 4.33. The van der Waals surface area contributed by atoms with Gasteiger partial charge in [-0.15, -0.1) is 11.3 Å². The van der Waals surface area contributed by atoms with E-state index in [0.717, 1.165) is 4.88 Å². The smallest absolute Gasteiger partial charge is 0.309 e. The van der Waals surface area contributed by atoms with E-state index in [1.807, 2.05) is 6.07 Å². The zero-order valence-corrected chi connectivity index (χ0v) is 17.2. The zero-order valence-electron chi connectivity index (χ0n) is 14.8. The first kappa shape index (κ1) is 21.1. The second kappa shape index (κ2) is 9.16. The van der Waals surface area contributed by atoms with Crippen LogP contribution in [0.3, 0.4) is 0 Å². The molecule has 0 bridgehead atoms. The standard InChI is InChI=1S/C16H23ClN2O5S2/c1-3-26(22,23)19-8-6-12(7-9-19)16(21)24-11-15(20)18(2)10-13-4-5-14(17)25-13/h4-5,12H,3,6-11H2,1-2H3. The Kier molecular flexibility index (Phi) is 7.45. The third kappa shape index (κ3) is 5.67. The van der Waals surface area contributed by atoms with Crippen molar-refractivity contribution in [2.75, 3.05) is 32.5 Å². The van der Waals surface area contributed by atoms with Gasteiger partial charge in [-0.2, -0.15) is 0 Å². The number of hydrogen-bond acceptors (Lipinski definition) is 6. The van der Waals surface area contributed by atoms with E-state index in [0.29, 0.717) is 36.8 Å². The minimum Gasteiger partial charge on any atom is -0.455 e. The minimum absolute atomic E-state index is 0.0540. The number of likely N-dealkylation sites (N-methyl/N-ethyl adjacent to an activating group) is 1. The highest BCUT2D eigenvalue weighted by Gasteiger charge is 2.31. The maximum absolute atomic E-state index is 12.1. The maximum Gasteiger partial charge on any atom is 0.309 e. The van der Waals surface area contributed by atoms with Gasteiger partial charge in [-0.05, 0) is 31.9 Å². The van der Waals surface area contributed by atoms with E-state index >= 15 is 0 Å². The average Bonchev–Trinajstić information content (AvgIpc) is 3.04. The normalized spacial score (nSPS) is 16.4. The predicted octanol–water partition coefficient (Wildman–Crippen LogP) is 1.96. The van der Waals surface area contributed by atoms with Gasteiger partial charge < -0.3 is 9.64 Å². The second-order valence-electron chi connectivity index (χ2n) is 6.14. The first-order chi connectivity index (χ1) is 12.2. The summed E-state index contributed by atoms with van der Waals surface area (Å²) >= 11 is 7.26. The Morgan fingerprint density at radius 2 is 2.00 bits per heavy atom. The molecule has 0 radical (unpaired) electrons. The van der Waals surface area contributed by atoms with E-state index in [4.69, 9.17) is 16.3 Å². The molecule has 1 aliphatic heterocycles. The lowest BCUT2D eigenvalue weighted by Gasteiger charge is -2.29. The Morgan fingerprint density at radius 1 is 1.35 bits per heavy atom. The molecule has 0 aliphatic carbocycles. The average molecular weight is 423 g/mol. The number of thiophene rings is 1. The van der Waals surface area contributed by atoms with Crippen LogP contribution in [0.25, 0.3) is 0 Å². The van der Waals surface area contributed by atoms with E-state index in [9.17, 15) is 18.0 Å². The molecule has 1 saturated heterocycles. The van der Waals surface area contributed by atoms with E-state index in [1.54, 1.807) is 20.0 Å². The molecule has 0 spiro atoms. The summed E-state index contributed by atoms with van der Waals surface area (Å²) in [4.78, 5) is 26.7. The molecule has 7 nitrogen and oxygen atoms in total. The van der Waals surface area contributed by atoms with Crippen molar-refractivity contribution in [2.24, 2.45) is 5.92 Å². The van der Waals surface area contributed by atoms with Gasteiger partial charge in [0.1, 0.15) is 0 Å². The first-order valence-electron chi connectivity index (χ1n) is 8.35. The molecule has 0 unspecified atom stereocenters. The number of nitrogens with zero attached hydrogens (tertiary/aromatic N) is 2. The molecule has 0 atom stereocenters. The van der Waals surface area contributed by atoms with E-state index in [-0.39, 0.29) is 24.2 Å². The number of carbonyl (C=O) groups is 2. The number of piperidine rings is 1. The van der Waals surface area contributed by atoms with Gasteiger partial charge >= 0.3 is 5.97 Å². The van der Waals surface area contributed by atoms with Crippen LogP contribution in [0.2, 0.25) is 4.34 Å². The lowest BCUT2D eigenvalue weighted by Crippen LogP contribution is -2.41. The quantitative estimate of drug-likeness (QED) is 0.627. The summed E-state index contributed by atoms with van der Waals surface area (Å²) in [7, 11) is -1.59. The van der Waals surface area contributed by atoms with Crippen LogP contribution in [0.5, 0.6) is 0 Å². The predicted molar refractivity (Wildman–Crippen MR) is 101 cm³/mol. The fraction of sp³-hybridized carbons (Fsp3) is 0.625. The highest BCUT2D eigenvalue weighted by molar-refractivity contribution is 7.89. The van der Waals surface area contributed by atoms with Crippen LogP contribution < -0.4 is 0 Å². The SMILES string of the molecule is CCS(=O)(=O)N1CCC(C(=O)OCC(=O)N(C)Cc2ccc(Cl)s2)CC1. The number of sulfonamides is 1. The van der Waals surface area contributed by atoms with Gasteiger partial charge in [0.2, 0.25) is 10.0 Å². The van der Waals surface area contributed by atoms with Crippen LogP contribution in [0.4, 0.5) is 0 Å². The monoisotopic (exact) mass is 422 g/mol. The number of ether oxygens (including phenoxy) is 1. The van der Waals surface area contributed by atoms with Crippen molar-refractivity contribution >= 4 is 44.8 Å². The minimum atomic E-state index is -3.22. The van der Waals surface area contributed by atoms with Crippen LogP contribution in [-0.4, -0.2) is 62.0 Å². The lowest BCUT2D eigenvalue weighted by atomic mass is 9.98. The van der Waals surface area contributed by atoms with Crippen LogP contribution in [0.15, 0.2) is 12.1 Å². The number of esters is 1. The summed E-state index contributed by atoms with van der Waals surface area (Å²) in [5.41, 5.74) is 0. The van der Waals surface area contributed by atoms with Crippen molar-refractivity contribution < 1.29 is 22.7 Å². The van der Waals surface area contributed by atoms with Gasteiger partial charge in [-0.1, -0.05) is 11.6 Å². The summed E-state index contributed by atoms with van der Waals surface area (Å²) in [6, 6.07) is 3.62. The summed E-state index contributed by atoms with van der Waals surface area (Å²) in [5, 5.41) is 0. The highest BCUT2D eigenvalue weighted by atomic mass is 35.5. The summed E-state index contributed by atoms with van der Waals surface area (Å²) in [6.45, 7) is 2.30. The number of carbonyl (C=O) groups excluding carboxylic acids is 2. The molecule has 10 heteroatoms. The molecule has 0 aromatic carbocycles. The van der Waals surface area contributed by atoms with E-state index < -0.39 is 16.0 Å². The molecule has 1 aromatic rings. The second-order valence-corrected chi connectivity index (χ2v) is 10.2. The molecule has 146 valence electrons. The molecular weight excluding hydrogens is 400 g/mol. The lowest BCUT2D eigenvalue weighted by molar-refractivity contribution is -0.156. The van der Waals surface area contributed by atoms with Crippen molar-refractivity contribution in [3.05, 3.63) is 21.3 Å². The van der Waals surface area contributed by atoms with Gasteiger partial charge in [0.15, 0.2) is 6.61 Å².